The van der Waals surface area contributed by atoms with E-state index in [9.17, 15) is 0 Å². The monoisotopic (exact) mass is 181 g/mol. The first-order valence-corrected chi connectivity index (χ1v) is 5.96. The van der Waals surface area contributed by atoms with Crippen LogP contribution in [0.3, 0.4) is 0 Å². The van der Waals surface area contributed by atoms with Gasteiger partial charge in [0, 0.05) is 12.6 Å². The second kappa shape index (κ2) is 4.00. The zero-order chi connectivity index (χ0) is 9.26. The fourth-order valence-electron chi connectivity index (χ4n) is 2.54. The third-order valence-corrected chi connectivity index (χ3v) is 3.85. The van der Waals surface area contributed by atoms with E-state index in [2.05, 4.69) is 18.9 Å². The molecule has 76 valence electrons. The number of hydrogen-bond donors (Lipinski definition) is 0. The summed E-state index contributed by atoms with van der Waals surface area (Å²) < 4.78 is 0. The van der Waals surface area contributed by atoms with Gasteiger partial charge in [-0.2, -0.15) is 0 Å². The molecule has 2 aliphatic rings. The first-order chi connectivity index (χ1) is 6.25. The summed E-state index contributed by atoms with van der Waals surface area (Å²) in [5.41, 5.74) is 0. The normalized spacial score (nSPS) is 35.3. The van der Waals surface area contributed by atoms with Crippen LogP contribution in [0.25, 0.3) is 0 Å². The smallest absolute Gasteiger partial charge is 0.00925 e. The Kier molecular flexibility index (Phi) is 2.92. The summed E-state index contributed by atoms with van der Waals surface area (Å²) in [5, 5.41) is 0. The van der Waals surface area contributed by atoms with Crippen LogP contribution < -0.4 is 0 Å². The molecule has 0 atom stereocenters. The van der Waals surface area contributed by atoms with Crippen molar-refractivity contribution in [2.75, 3.05) is 13.6 Å². The topological polar surface area (TPSA) is 3.24 Å². The van der Waals surface area contributed by atoms with Crippen molar-refractivity contribution < 1.29 is 0 Å². The summed E-state index contributed by atoms with van der Waals surface area (Å²) in [6.45, 7) is 3.77. The van der Waals surface area contributed by atoms with Gasteiger partial charge in [-0.05, 0) is 57.4 Å². The Hall–Kier alpha value is -0.0400. The molecular weight excluding hydrogens is 158 g/mol. The number of hydrogen-bond acceptors (Lipinski definition) is 1. The van der Waals surface area contributed by atoms with Gasteiger partial charge in [0.1, 0.15) is 0 Å². The van der Waals surface area contributed by atoms with Crippen molar-refractivity contribution in [2.24, 2.45) is 11.8 Å². The van der Waals surface area contributed by atoms with Gasteiger partial charge in [0.15, 0.2) is 0 Å². The number of rotatable bonds is 3. The van der Waals surface area contributed by atoms with Gasteiger partial charge in [-0.1, -0.05) is 6.92 Å². The molecule has 0 saturated heterocycles. The molecule has 2 fully saturated rings. The van der Waals surface area contributed by atoms with Crippen LogP contribution in [0.1, 0.15) is 45.4 Å². The minimum atomic E-state index is 0.914. The molecule has 0 amide bonds. The van der Waals surface area contributed by atoms with Crippen LogP contribution in [0.5, 0.6) is 0 Å². The Balaban J connectivity index is 1.72. The highest BCUT2D eigenvalue weighted by Gasteiger charge is 2.27. The van der Waals surface area contributed by atoms with Crippen molar-refractivity contribution in [2.45, 2.75) is 51.5 Å². The van der Waals surface area contributed by atoms with Crippen molar-refractivity contribution in [1.29, 1.82) is 0 Å². The highest BCUT2D eigenvalue weighted by molar-refractivity contribution is 4.81. The molecule has 0 heterocycles. The van der Waals surface area contributed by atoms with Crippen LogP contribution in [0.2, 0.25) is 0 Å². The molecule has 2 saturated carbocycles. The lowest BCUT2D eigenvalue weighted by Gasteiger charge is -2.33. The lowest BCUT2D eigenvalue weighted by molar-refractivity contribution is 0.165. The molecule has 0 aromatic heterocycles. The second-order valence-corrected chi connectivity index (χ2v) is 5.30. The molecule has 1 nitrogen and oxygen atoms in total. The molecule has 0 aromatic carbocycles. The quantitative estimate of drug-likeness (QED) is 0.647. The summed E-state index contributed by atoms with van der Waals surface area (Å²) in [6.07, 6.45) is 8.80. The van der Waals surface area contributed by atoms with Crippen LogP contribution in [-0.4, -0.2) is 24.5 Å². The summed E-state index contributed by atoms with van der Waals surface area (Å²) in [7, 11) is 2.33. The maximum atomic E-state index is 2.63. The van der Waals surface area contributed by atoms with Crippen molar-refractivity contribution in [1.82, 2.24) is 4.90 Å². The fraction of sp³-hybridized carbons (Fsp3) is 1.00. The van der Waals surface area contributed by atoms with Gasteiger partial charge < -0.3 is 4.90 Å². The third-order valence-electron chi connectivity index (χ3n) is 3.85. The van der Waals surface area contributed by atoms with E-state index in [1.165, 1.54) is 45.1 Å². The molecule has 0 aliphatic heterocycles. The van der Waals surface area contributed by atoms with Gasteiger partial charge in [0.05, 0.1) is 0 Å². The predicted octanol–water partition coefficient (Wildman–Crippen LogP) is 2.91. The second-order valence-electron chi connectivity index (χ2n) is 5.30. The Morgan fingerprint density at radius 2 is 1.62 bits per heavy atom. The van der Waals surface area contributed by atoms with E-state index in [0.717, 1.165) is 17.9 Å². The summed E-state index contributed by atoms with van der Waals surface area (Å²) >= 11 is 0. The standard InChI is InChI=1S/C12H23N/c1-10-3-7-12(8-4-10)13(2)9-11-5-6-11/h10-12H,3-9H2,1-2H3. The zero-order valence-electron chi connectivity index (χ0n) is 9.13. The summed E-state index contributed by atoms with van der Waals surface area (Å²) in [4.78, 5) is 2.63. The van der Waals surface area contributed by atoms with E-state index in [0.29, 0.717) is 0 Å². The summed E-state index contributed by atoms with van der Waals surface area (Å²) in [5.74, 6) is 2.05. The largest absolute Gasteiger partial charge is 0.303 e. The zero-order valence-corrected chi connectivity index (χ0v) is 9.13. The molecule has 13 heavy (non-hydrogen) atoms. The van der Waals surface area contributed by atoms with Crippen LogP contribution >= 0.6 is 0 Å². The van der Waals surface area contributed by atoms with E-state index < -0.39 is 0 Å². The van der Waals surface area contributed by atoms with Crippen LogP contribution in [-0.2, 0) is 0 Å². The summed E-state index contributed by atoms with van der Waals surface area (Å²) in [6, 6.07) is 0.914. The molecule has 0 unspecified atom stereocenters. The Labute approximate surface area is 82.5 Å². The molecule has 2 aliphatic carbocycles. The fourth-order valence-corrected chi connectivity index (χ4v) is 2.54. The van der Waals surface area contributed by atoms with Gasteiger partial charge in [0.25, 0.3) is 0 Å². The highest BCUT2D eigenvalue weighted by Crippen LogP contribution is 2.32. The minimum absolute atomic E-state index is 0.914. The molecule has 2 rings (SSSR count). The van der Waals surface area contributed by atoms with Gasteiger partial charge in [-0.3, -0.25) is 0 Å². The van der Waals surface area contributed by atoms with Gasteiger partial charge >= 0.3 is 0 Å². The molecule has 0 N–H and O–H groups in total. The highest BCUT2D eigenvalue weighted by atomic mass is 15.1. The maximum Gasteiger partial charge on any atom is 0.00925 e. The number of nitrogens with zero attached hydrogens (tertiary/aromatic N) is 1. The average Bonchev–Trinajstić information content (AvgIpc) is 2.89. The maximum absolute atomic E-state index is 2.63. The average molecular weight is 181 g/mol. The first kappa shape index (κ1) is 9.51. The predicted molar refractivity (Wildman–Crippen MR) is 56.8 cm³/mol. The van der Waals surface area contributed by atoms with E-state index >= 15 is 0 Å². The van der Waals surface area contributed by atoms with Crippen LogP contribution in [0.15, 0.2) is 0 Å². The Bertz CT molecular complexity index is 155. The first-order valence-electron chi connectivity index (χ1n) is 5.96. The SMILES string of the molecule is CC1CCC(N(C)CC2CC2)CC1. The van der Waals surface area contributed by atoms with Gasteiger partial charge in [-0.15, -0.1) is 0 Å². The molecule has 0 bridgehead atoms. The van der Waals surface area contributed by atoms with Crippen molar-refractivity contribution in [3.8, 4) is 0 Å². The van der Waals surface area contributed by atoms with E-state index in [4.69, 9.17) is 0 Å². The van der Waals surface area contributed by atoms with E-state index in [-0.39, 0.29) is 0 Å². The molecule has 0 aromatic rings. The molecular formula is C12H23N. The molecule has 0 spiro atoms. The molecule has 1 heteroatoms. The van der Waals surface area contributed by atoms with E-state index in [1.54, 1.807) is 0 Å². The van der Waals surface area contributed by atoms with E-state index in [1.807, 2.05) is 0 Å². The lowest BCUT2D eigenvalue weighted by atomic mass is 9.87. The minimum Gasteiger partial charge on any atom is -0.303 e. The Morgan fingerprint density at radius 3 is 2.15 bits per heavy atom. The van der Waals surface area contributed by atoms with Crippen LogP contribution in [0, 0.1) is 11.8 Å². The lowest BCUT2D eigenvalue weighted by Crippen LogP contribution is -2.36. The van der Waals surface area contributed by atoms with Crippen molar-refractivity contribution >= 4 is 0 Å². The van der Waals surface area contributed by atoms with Crippen molar-refractivity contribution in [3.63, 3.8) is 0 Å². The van der Waals surface area contributed by atoms with Gasteiger partial charge in [-0.25, -0.2) is 0 Å². The Morgan fingerprint density at radius 1 is 1.00 bits per heavy atom. The van der Waals surface area contributed by atoms with Gasteiger partial charge in [0.2, 0.25) is 0 Å². The van der Waals surface area contributed by atoms with Crippen LogP contribution in [0.4, 0.5) is 0 Å². The third kappa shape index (κ3) is 2.70. The van der Waals surface area contributed by atoms with Crippen molar-refractivity contribution in [3.05, 3.63) is 0 Å². The molecule has 0 radical (unpaired) electrons.